The Morgan fingerprint density at radius 2 is 1.67 bits per heavy atom. The fourth-order valence-corrected chi connectivity index (χ4v) is 3.05. The second kappa shape index (κ2) is 4.86. The topological polar surface area (TPSA) is 18.5 Å². The Kier molecular flexibility index (Phi) is 3.90. The molecule has 1 heterocycles. The SMILES string of the molecule is CSc1cc(B2OC(C)(C)C(C)(C)O2)ccc1Br. The Morgan fingerprint density at radius 1 is 1.11 bits per heavy atom. The van der Waals surface area contributed by atoms with Gasteiger partial charge >= 0.3 is 7.12 Å². The van der Waals surface area contributed by atoms with E-state index in [1.165, 1.54) is 4.90 Å². The van der Waals surface area contributed by atoms with Crippen LogP contribution in [0.2, 0.25) is 0 Å². The van der Waals surface area contributed by atoms with E-state index < -0.39 is 0 Å². The van der Waals surface area contributed by atoms with Crippen LogP contribution in [0.3, 0.4) is 0 Å². The van der Waals surface area contributed by atoms with Crippen LogP contribution in [0.25, 0.3) is 0 Å². The minimum absolute atomic E-state index is 0.283. The lowest BCUT2D eigenvalue weighted by atomic mass is 9.79. The predicted molar refractivity (Wildman–Crippen MR) is 81.6 cm³/mol. The number of hydrogen-bond donors (Lipinski definition) is 0. The van der Waals surface area contributed by atoms with Gasteiger partial charge in [-0.1, -0.05) is 6.07 Å². The first-order valence-electron chi connectivity index (χ1n) is 5.96. The zero-order chi connectivity index (χ0) is 13.6. The summed E-state index contributed by atoms with van der Waals surface area (Å²) in [5.74, 6) is 0. The van der Waals surface area contributed by atoms with Gasteiger partial charge in [0.15, 0.2) is 0 Å². The van der Waals surface area contributed by atoms with E-state index in [0.717, 1.165) is 9.94 Å². The summed E-state index contributed by atoms with van der Waals surface area (Å²) in [4.78, 5) is 1.20. The molecule has 1 aromatic rings. The smallest absolute Gasteiger partial charge is 0.399 e. The highest BCUT2D eigenvalue weighted by Crippen LogP contribution is 2.37. The van der Waals surface area contributed by atoms with Crippen molar-refractivity contribution in [2.24, 2.45) is 0 Å². The maximum Gasteiger partial charge on any atom is 0.494 e. The first-order valence-corrected chi connectivity index (χ1v) is 7.98. The van der Waals surface area contributed by atoms with Gasteiger partial charge in [-0.05, 0) is 67.5 Å². The Balaban J connectivity index is 2.30. The summed E-state index contributed by atoms with van der Waals surface area (Å²) in [5.41, 5.74) is 0.496. The van der Waals surface area contributed by atoms with Gasteiger partial charge in [0.25, 0.3) is 0 Å². The van der Waals surface area contributed by atoms with Crippen LogP contribution in [0.15, 0.2) is 27.6 Å². The van der Waals surface area contributed by atoms with Crippen molar-refractivity contribution < 1.29 is 9.31 Å². The summed E-state index contributed by atoms with van der Waals surface area (Å²) >= 11 is 5.25. The molecule has 18 heavy (non-hydrogen) atoms. The number of hydrogen-bond acceptors (Lipinski definition) is 3. The average Bonchev–Trinajstić information content (AvgIpc) is 2.49. The minimum atomic E-state index is -0.287. The lowest BCUT2D eigenvalue weighted by Gasteiger charge is -2.32. The molecule has 1 aliphatic heterocycles. The van der Waals surface area contributed by atoms with E-state index in [2.05, 4.69) is 55.9 Å². The van der Waals surface area contributed by atoms with Crippen LogP contribution in [-0.4, -0.2) is 24.6 Å². The number of rotatable bonds is 2. The van der Waals surface area contributed by atoms with Crippen molar-refractivity contribution in [2.45, 2.75) is 43.8 Å². The highest BCUT2D eigenvalue weighted by molar-refractivity contribution is 9.10. The highest BCUT2D eigenvalue weighted by atomic mass is 79.9. The van der Waals surface area contributed by atoms with E-state index in [-0.39, 0.29) is 18.3 Å². The zero-order valence-corrected chi connectivity index (χ0v) is 13.8. The maximum atomic E-state index is 6.04. The van der Waals surface area contributed by atoms with Crippen LogP contribution < -0.4 is 5.46 Å². The third-order valence-corrected chi connectivity index (χ3v) is 5.43. The lowest BCUT2D eigenvalue weighted by molar-refractivity contribution is 0.00578. The van der Waals surface area contributed by atoms with Crippen molar-refractivity contribution in [3.8, 4) is 0 Å². The molecule has 2 rings (SSSR count). The van der Waals surface area contributed by atoms with Crippen molar-refractivity contribution in [2.75, 3.05) is 6.26 Å². The molecule has 0 radical (unpaired) electrons. The van der Waals surface area contributed by atoms with E-state index in [1.807, 2.05) is 12.1 Å². The summed E-state index contributed by atoms with van der Waals surface area (Å²) in [6.45, 7) is 8.28. The fourth-order valence-electron chi connectivity index (χ4n) is 1.80. The Hall–Kier alpha value is 0.0349. The minimum Gasteiger partial charge on any atom is -0.399 e. The molecular weight excluding hydrogens is 311 g/mol. The van der Waals surface area contributed by atoms with E-state index in [9.17, 15) is 0 Å². The van der Waals surface area contributed by atoms with Gasteiger partial charge in [-0.2, -0.15) is 0 Å². The molecule has 5 heteroatoms. The van der Waals surface area contributed by atoms with E-state index >= 15 is 0 Å². The van der Waals surface area contributed by atoms with Crippen LogP contribution in [-0.2, 0) is 9.31 Å². The van der Waals surface area contributed by atoms with Crippen molar-refractivity contribution in [3.05, 3.63) is 22.7 Å². The van der Waals surface area contributed by atoms with Gasteiger partial charge in [-0.25, -0.2) is 0 Å². The normalized spacial score (nSPS) is 21.3. The largest absolute Gasteiger partial charge is 0.494 e. The maximum absolute atomic E-state index is 6.04. The Labute approximate surface area is 122 Å². The van der Waals surface area contributed by atoms with E-state index in [1.54, 1.807) is 11.8 Å². The van der Waals surface area contributed by atoms with Gasteiger partial charge in [0.2, 0.25) is 0 Å². The van der Waals surface area contributed by atoms with Gasteiger partial charge in [0.1, 0.15) is 0 Å². The molecule has 98 valence electrons. The van der Waals surface area contributed by atoms with E-state index in [4.69, 9.17) is 9.31 Å². The van der Waals surface area contributed by atoms with Crippen LogP contribution in [0.1, 0.15) is 27.7 Å². The van der Waals surface area contributed by atoms with Crippen LogP contribution >= 0.6 is 27.7 Å². The summed E-state index contributed by atoms with van der Waals surface area (Å²) < 4.78 is 13.2. The zero-order valence-electron chi connectivity index (χ0n) is 11.4. The molecule has 0 aliphatic carbocycles. The van der Waals surface area contributed by atoms with Gasteiger partial charge in [0, 0.05) is 9.37 Å². The molecule has 0 bridgehead atoms. The second-order valence-corrected chi connectivity index (χ2v) is 7.18. The standard InChI is InChI=1S/C13H18BBrO2S/c1-12(2)13(3,4)17-14(16-12)9-6-7-10(15)11(8-9)18-5/h6-8H,1-5H3. The highest BCUT2D eigenvalue weighted by Gasteiger charge is 2.51. The molecule has 0 saturated carbocycles. The Bertz CT molecular complexity index is 446. The van der Waals surface area contributed by atoms with Gasteiger partial charge < -0.3 is 9.31 Å². The molecule has 2 nitrogen and oxygen atoms in total. The van der Waals surface area contributed by atoms with Crippen LogP contribution in [0, 0.1) is 0 Å². The van der Waals surface area contributed by atoms with Crippen LogP contribution in [0.5, 0.6) is 0 Å². The van der Waals surface area contributed by atoms with Gasteiger partial charge in [-0.15, -0.1) is 11.8 Å². The molecule has 1 aliphatic rings. The van der Waals surface area contributed by atoms with Crippen LogP contribution in [0.4, 0.5) is 0 Å². The molecule has 0 N–H and O–H groups in total. The molecule has 0 atom stereocenters. The summed E-state index contributed by atoms with van der Waals surface area (Å²) in [6.07, 6.45) is 2.06. The molecule has 1 aromatic carbocycles. The quantitative estimate of drug-likeness (QED) is 0.611. The van der Waals surface area contributed by atoms with Gasteiger partial charge in [0.05, 0.1) is 11.2 Å². The molecule has 1 fully saturated rings. The lowest BCUT2D eigenvalue weighted by Crippen LogP contribution is -2.41. The van der Waals surface area contributed by atoms with Crippen molar-refractivity contribution in [3.63, 3.8) is 0 Å². The number of thioether (sulfide) groups is 1. The first-order chi connectivity index (χ1) is 8.27. The predicted octanol–water partition coefficient (Wildman–Crippen LogP) is 3.47. The van der Waals surface area contributed by atoms with Crippen molar-refractivity contribution in [1.82, 2.24) is 0 Å². The monoisotopic (exact) mass is 328 g/mol. The number of benzene rings is 1. The summed E-state index contributed by atoms with van der Waals surface area (Å²) in [6, 6.07) is 6.22. The molecule has 0 amide bonds. The van der Waals surface area contributed by atoms with Gasteiger partial charge in [-0.3, -0.25) is 0 Å². The van der Waals surface area contributed by atoms with Crippen molar-refractivity contribution in [1.29, 1.82) is 0 Å². The Morgan fingerprint density at radius 3 is 2.17 bits per heavy atom. The molecule has 0 unspecified atom stereocenters. The fraction of sp³-hybridized carbons (Fsp3) is 0.538. The second-order valence-electron chi connectivity index (χ2n) is 5.48. The first kappa shape index (κ1) is 14.4. The number of halogens is 1. The molecule has 0 spiro atoms. The molecule has 1 saturated heterocycles. The summed E-state index contributed by atoms with van der Waals surface area (Å²) in [5, 5.41) is 0. The molecule has 0 aromatic heterocycles. The van der Waals surface area contributed by atoms with E-state index in [0.29, 0.717) is 0 Å². The third-order valence-electron chi connectivity index (χ3n) is 3.70. The third kappa shape index (κ3) is 2.51. The average molecular weight is 329 g/mol. The van der Waals surface area contributed by atoms with Crippen molar-refractivity contribution >= 4 is 40.3 Å². The molecular formula is C13H18BBrO2S. The summed E-state index contributed by atoms with van der Waals surface area (Å²) in [7, 11) is -0.283.